The normalized spacial score (nSPS) is 24.8. The van der Waals surface area contributed by atoms with Crippen LogP contribution in [0.5, 0.6) is 11.8 Å². The van der Waals surface area contributed by atoms with Crippen LogP contribution in [0.1, 0.15) is 44.6 Å². The zero-order valence-corrected chi connectivity index (χ0v) is 26.4. The lowest BCUT2D eigenvalue weighted by Crippen LogP contribution is -2.46. The van der Waals surface area contributed by atoms with Crippen LogP contribution in [0, 0.1) is 18.2 Å². The SMILES string of the molecule is C#Cc1c(F)ccc2cc(O)cc(-c3cc4nc(OC[C@@]56CCCN5C[C@H](F)C6)nc(N5CCC[C@@](C)(O)C5)c4c4cn(C)nc34)c12. The number of hydrogen-bond acceptors (Lipinski definition) is 8. The lowest BCUT2D eigenvalue weighted by Gasteiger charge is -2.38. The minimum atomic E-state index is -0.913. The highest BCUT2D eigenvalue weighted by Crippen LogP contribution is 2.44. The molecule has 0 spiro atoms. The van der Waals surface area contributed by atoms with E-state index < -0.39 is 17.6 Å². The number of halogens is 2. The van der Waals surface area contributed by atoms with Crippen LogP contribution in [0.2, 0.25) is 0 Å². The van der Waals surface area contributed by atoms with Crippen LogP contribution in [0.15, 0.2) is 36.5 Å². The van der Waals surface area contributed by atoms with Gasteiger partial charge in [0.2, 0.25) is 0 Å². The van der Waals surface area contributed by atoms with Gasteiger partial charge < -0.3 is 19.8 Å². The number of phenolic OH excluding ortho intramolecular Hbond substituents is 1. The summed E-state index contributed by atoms with van der Waals surface area (Å²) in [5.74, 6) is 2.58. The number of rotatable bonds is 5. The fourth-order valence-electron chi connectivity index (χ4n) is 8.21. The van der Waals surface area contributed by atoms with Crippen molar-refractivity contribution in [3.63, 3.8) is 0 Å². The van der Waals surface area contributed by atoms with Crippen LogP contribution in [0.4, 0.5) is 14.6 Å². The standard InChI is InChI=1S/C36H36F2N6O3/c1-4-24-28(38)8-7-21-13-23(45)14-25(30(21)24)26-15-29-31(27-18-42(3)41-32(26)27)33(43-11-5-9-35(2,46)19-43)40-34(39-29)47-20-36-10-6-12-44(36)17-22(37)16-36/h1,7-8,13-15,18,22,45-46H,5-6,9-12,16-17,19-20H2,2-3H3/t22-,35-,36+/m1/s1. The van der Waals surface area contributed by atoms with Crippen molar-refractivity contribution in [1.29, 1.82) is 0 Å². The van der Waals surface area contributed by atoms with E-state index in [2.05, 4.69) is 15.7 Å². The summed E-state index contributed by atoms with van der Waals surface area (Å²) in [6.45, 7) is 4.39. The summed E-state index contributed by atoms with van der Waals surface area (Å²) in [4.78, 5) is 14.1. The Bertz CT molecular complexity index is 2120. The monoisotopic (exact) mass is 638 g/mol. The fraction of sp³-hybridized carbons (Fsp3) is 0.417. The maximum atomic E-state index is 15.1. The maximum absolute atomic E-state index is 15.1. The van der Waals surface area contributed by atoms with Gasteiger partial charge in [-0.1, -0.05) is 12.0 Å². The zero-order chi connectivity index (χ0) is 32.7. The number of β-amino-alcohol motifs (C(OH)–C–C–N with tert-alkyl or cyclic N) is 1. The summed E-state index contributed by atoms with van der Waals surface area (Å²) < 4.78 is 37.7. The van der Waals surface area contributed by atoms with Gasteiger partial charge in [0.15, 0.2) is 0 Å². The molecule has 0 radical (unpaired) electrons. The molecule has 3 saturated heterocycles. The number of terminal acetylenes is 1. The number of hydrogen-bond donors (Lipinski definition) is 2. The molecule has 5 aromatic rings. The number of ether oxygens (including phenoxy) is 1. The fourth-order valence-corrected chi connectivity index (χ4v) is 8.21. The van der Waals surface area contributed by atoms with Crippen molar-refractivity contribution in [2.45, 2.75) is 56.3 Å². The Balaban J connectivity index is 1.36. The molecule has 0 bridgehead atoms. The van der Waals surface area contributed by atoms with Crippen molar-refractivity contribution < 1.29 is 23.7 Å². The molecule has 3 aliphatic heterocycles. The molecular formula is C36H36F2N6O3. The molecule has 47 heavy (non-hydrogen) atoms. The number of aliphatic hydroxyl groups is 1. The van der Waals surface area contributed by atoms with E-state index in [9.17, 15) is 14.6 Å². The van der Waals surface area contributed by atoms with E-state index in [0.717, 1.165) is 36.6 Å². The third-order valence-electron chi connectivity index (χ3n) is 10.2. The number of aryl methyl sites for hydroxylation is 1. The van der Waals surface area contributed by atoms with Gasteiger partial charge in [-0.3, -0.25) is 9.58 Å². The van der Waals surface area contributed by atoms with Gasteiger partial charge in [0, 0.05) is 55.6 Å². The van der Waals surface area contributed by atoms with E-state index in [1.54, 1.807) is 22.9 Å². The van der Waals surface area contributed by atoms with Crippen LogP contribution in [-0.4, -0.2) is 85.0 Å². The van der Waals surface area contributed by atoms with Gasteiger partial charge in [0.1, 0.15) is 35.7 Å². The second kappa shape index (κ2) is 10.8. The first-order valence-corrected chi connectivity index (χ1v) is 16.1. The number of aromatic nitrogens is 4. The van der Waals surface area contributed by atoms with Crippen LogP contribution in [-0.2, 0) is 7.05 Å². The number of piperidine rings is 1. The molecule has 242 valence electrons. The number of anilines is 1. The summed E-state index contributed by atoms with van der Waals surface area (Å²) in [6, 6.07) is 8.04. The van der Waals surface area contributed by atoms with Crippen molar-refractivity contribution in [2.24, 2.45) is 7.05 Å². The molecule has 3 aliphatic rings. The smallest absolute Gasteiger partial charge is 0.319 e. The zero-order valence-electron chi connectivity index (χ0n) is 26.4. The molecule has 2 N–H and O–H groups in total. The first-order chi connectivity index (χ1) is 22.5. The Morgan fingerprint density at radius 2 is 1.94 bits per heavy atom. The highest BCUT2D eigenvalue weighted by atomic mass is 19.1. The molecule has 5 heterocycles. The molecule has 0 amide bonds. The maximum Gasteiger partial charge on any atom is 0.319 e. The first kappa shape index (κ1) is 29.8. The molecular weight excluding hydrogens is 602 g/mol. The Morgan fingerprint density at radius 3 is 2.74 bits per heavy atom. The number of fused-ring (bicyclic) bond motifs is 5. The van der Waals surface area contributed by atoms with Gasteiger partial charge in [0.05, 0.1) is 27.6 Å². The number of benzene rings is 3. The van der Waals surface area contributed by atoms with E-state index in [-0.39, 0.29) is 29.5 Å². The Morgan fingerprint density at radius 1 is 1.11 bits per heavy atom. The average Bonchev–Trinajstić information content (AvgIpc) is 3.69. The van der Waals surface area contributed by atoms with Crippen LogP contribution < -0.4 is 9.64 Å². The lowest BCUT2D eigenvalue weighted by atomic mass is 9.91. The van der Waals surface area contributed by atoms with Crippen LogP contribution >= 0.6 is 0 Å². The van der Waals surface area contributed by atoms with Crippen molar-refractivity contribution in [3.8, 4) is 35.2 Å². The van der Waals surface area contributed by atoms with E-state index in [0.29, 0.717) is 71.2 Å². The average molecular weight is 639 g/mol. The first-order valence-electron chi connectivity index (χ1n) is 16.1. The van der Waals surface area contributed by atoms with E-state index in [1.807, 2.05) is 26.2 Å². The van der Waals surface area contributed by atoms with Crippen molar-refractivity contribution in [1.82, 2.24) is 24.6 Å². The molecule has 11 heteroatoms. The molecule has 9 nitrogen and oxygen atoms in total. The Hall–Kier alpha value is -4.53. The Labute approximate surface area is 270 Å². The molecule has 3 fully saturated rings. The summed E-state index contributed by atoms with van der Waals surface area (Å²) >= 11 is 0. The Kier molecular flexibility index (Phi) is 6.83. The van der Waals surface area contributed by atoms with Crippen LogP contribution in [0.25, 0.3) is 43.7 Å². The van der Waals surface area contributed by atoms with Gasteiger partial charge in [0.25, 0.3) is 0 Å². The van der Waals surface area contributed by atoms with Crippen molar-refractivity contribution in [2.75, 3.05) is 37.7 Å². The quantitative estimate of drug-likeness (QED) is 0.245. The summed E-state index contributed by atoms with van der Waals surface area (Å²) in [7, 11) is 1.82. The largest absolute Gasteiger partial charge is 0.508 e. The highest BCUT2D eigenvalue weighted by molar-refractivity contribution is 6.17. The number of phenols is 1. The second-order valence-electron chi connectivity index (χ2n) is 13.8. The van der Waals surface area contributed by atoms with Gasteiger partial charge in [-0.05, 0) is 74.4 Å². The van der Waals surface area contributed by atoms with Crippen molar-refractivity contribution in [3.05, 3.63) is 47.9 Å². The number of aromatic hydroxyl groups is 1. The number of nitrogens with zero attached hydrogens (tertiary/aromatic N) is 6. The van der Waals surface area contributed by atoms with E-state index in [4.69, 9.17) is 26.2 Å². The topological polar surface area (TPSA) is 99.8 Å². The van der Waals surface area contributed by atoms with E-state index in [1.165, 1.54) is 6.07 Å². The molecule has 3 aromatic carbocycles. The van der Waals surface area contributed by atoms with E-state index >= 15 is 4.39 Å². The molecule has 8 rings (SSSR count). The third kappa shape index (κ3) is 4.93. The number of alkyl halides is 1. The molecule has 2 aromatic heterocycles. The highest BCUT2D eigenvalue weighted by Gasteiger charge is 2.49. The summed E-state index contributed by atoms with van der Waals surface area (Å²) in [5, 5.41) is 29.2. The predicted octanol–water partition coefficient (Wildman–Crippen LogP) is 5.47. The lowest BCUT2D eigenvalue weighted by molar-refractivity contribution is 0.0447. The predicted molar refractivity (Wildman–Crippen MR) is 177 cm³/mol. The minimum Gasteiger partial charge on any atom is -0.508 e. The minimum absolute atomic E-state index is 0.00249. The van der Waals surface area contributed by atoms with Gasteiger partial charge in [-0.2, -0.15) is 15.1 Å². The molecule has 0 aliphatic carbocycles. The van der Waals surface area contributed by atoms with Crippen LogP contribution in [0.3, 0.4) is 0 Å². The summed E-state index contributed by atoms with van der Waals surface area (Å²) in [6.07, 6.45) is 10.5. The van der Waals surface area contributed by atoms with Gasteiger partial charge in [-0.15, -0.1) is 6.42 Å². The third-order valence-corrected chi connectivity index (χ3v) is 10.2. The van der Waals surface area contributed by atoms with Gasteiger partial charge in [-0.25, -0.2) is 8.78 Å². The van der Waals surface area contributed by atoms with Gasteiger partial charge >= 0.3 is 6.01 Å². The molecule has 3 atom stereocenters. The molecule has 0 unspecified atom stereocenters. The second-order valence-corrected chi connectivity index (χ2v) is 13.8. The summed E-state index contributed by atoms with van der Waals surface area (Å²) in [5.41, 5.74) is 1.06. The van der Waals surface area contributed by atoms with Crippen molar-refractivity contribution >= 4 is 38.4 Å². The molecule has 0 saturated carbocycles.